The Hall–Kier alpha value is -2.71. The van der Waals surface area contributed by atoms with Crippen LogP contribution in [0.4, 0.5) is 5.95 Å². The number of nitrogens with zero attached hydrogens (tertiary/aromatic N) is 3. The number of carbonyl (C=O) groups excluding carboxylic acids is 1. The SMILES string of the molecule is CCN(CC)CCNC(=O)[C@H]1CCCN(c2nc3c(-c4ccccc4)csc3c(=O)[nH]2)C1. The number of piperidine rings is 1. The molecule has 1 saturated heterocycles. The van der Waals surface area contributed by atoms with Crippen LogP contribution < -0.4 is 15.8 Å². The molecule has 0 spiro atoms. The lowest BCUT2D eigenvalue weighted by Crippen LogP contribution is -2.45. The van der Waals surface area contributed by atoms with E-state index >= 15 is 0 Å². The van der Waals surface area contributed by atoms with Crippen LogP contribution in [-0.2, 0) is 4.79 Å². The lowest BCUT2D eigenvalue weighted by Gasteiger charge is -2.32. The summed E-state index contributed by atoms with van der Waals surface area (Å²) in [5.74, 6) is 0.544. The third-order valence-corrected chi connectivity index (χ3v) is 7.18. The zero-order valence-corrected chi connectivity index (χ0v) is 19.6. The minimum Gasteiger partial charge on any atom is -0.355 e. The summed E-state index contributed by atoms with van der Waals surface area (Å²) in [7, 11) is 0. The van der Waals surface area contributed by atoms with E-state index in [1.54, 1.807) is 0 Å². The minimum atomic E-state index is -0.122. The summed E-state index contributed by atoms with van der Waals surface area (Å²) in [6, 6.07) is 10.0. The van der Waals surface area contributed by atoms with Crippen molar-refractivity contribution in [1.82, 2.24) is 20.2 Å². The van der Waals surface area contributed by atoms with Gasteiger partial charge in [0.25, 0.3) is 5.56 Å². The second-order valence-electron chi connectivity index (χ2n) is 8.19. The molecular weight excluding hydrogens is 422 g/mol. The van der Waals surface area contributed by atoms with Gasteiger partial charge in [-0.05, 0) is 31.5 Å². The number of benzene rings is 1. The van der Waals surface area contributed by atoms with E-state index in [9.17, 15) is 9.59 Å². The van der Waals surface area contributed by atoms with Gasteiger partial charge in [0.05, 0.1) is 11.4 Å². The Bertz CT molecular complexity index is 1110. The van der Waals surface area contributed by atoms with Crippen molar-refractivity contribution < 1.29 is 4.79 Å². The number of nitrogens with one attached hydrogen (secondary N) is 2. The zero-order valence-electron chi connectivity index (χ0n) is 18.8. The summed E-state index contributed by atoms with van der Waals surface area (Å²) in [4.78, 5) is 37.7. The van der Waals surface area contributed by atoms with Gasteiger partial charge < -0.3 is 15.1 Å². The molecule has 3 heterocycles. The van der Waals surface area contributed by atoms with E-state index in [0.29, 0.717) is 23.7 Å². The number of amides is 1. The van der Waals surface area contributed by atoms with E-state index < -0.39 is 0 Å². The van der Waals surface area contributed by atoms with E-state index in [2.05, 4.69) is 29.0 Å². The average molecular weight is 454 g/mol. The first-order chi connectivity index (χ1) is 15.6. The van der Waals surface area contributed by atoms with Crippen LogP contribution >= 0.6 is 11.3 Å². The predicted molar refractivity (Wildman–Crippen MR) is 131 cm³/mol. The van der Waals surface area contributed by atoms with Crippen molar-refractivity contribution in [2.75, 3.05) is 44.2 Å². The van der Waals surface area contributed by atoms with Crippen LogP contribution in [0.25, 0.3) is 21.3 Å². The molecule has 0 aliphatic carbocycles. The minimum absolute atomic E-state index is 0.0887. The molecule has 1 aromatic carbocycles. The van der Waals surface area contributed by atoms with Crippen molar-refractivity contribution in [3.05, 3.63) is 46.1 Å². The Morgan fingerprint density at radius 2 is 2.06 bits per heavy atom. The molecule has 2 aromatic heterocycles. The standard InChI is InChI=1S/C24H31N5O2S/c1-3-28(4-2)14-12-25-22(30)18-11-8-13-29(15-18)24-26-20-19(17-9-6-5-7-10-17)16-32-21(20)23(31)27-24/h5-7,9-10,16,18H,3-4,8,11-15H2,1-2H3,(H,25,30)(H,26,27,31)/t18-/m0/s1. The predicted octanol–water partition coefficient (Wildman–Crippen LogP) is 3.33. The van der Waals surface area contributed by atoms with Crippen LogP contribution in [-0.4, -0.2) is 60.0 Å². The van der Waals surface area contributed by atoms with Crippen molar-refractivity contribution in [1.29, 1.82) is 0 Å². The van der Waals surface area contributed by atoms with Crippen molar-refractivity contribution in [2.45, 2.75) is 26.7 Å². The van der Waals surface area contributed by atoms with E-state index in [4.69, 9.17) is 4.98 Å². The van der Waals surface area contributed by atoms with Gasteiger partial charge in [-0.15, -0.1) is 11.3 Å². The maximum atomic E-state index is 12.8. The molecule has 3 aromatic rings. The fraction of sp³-hybridized carbons (Fsp3) is 0.458. The Balaban J connectivity index is 1.50. The average Bonchev–Trinajstić information content (AvgIpc) is 3.27. The molecule has 7 nitrogen and oxygen atoms in total. The molecular formula is C24H31N5O2S. The first-order valence-corrected chi connectivity index (χ1v) is 12.3. The molecule has 0 unspecified atom stereocenters. The van der Waals surface area contributed by atoms with Crippen molar-refractivity contribution >= 4 is 33.4 Å². The Morgan fingerprint density at radius 1 is 1.28 bits per heavy atom. The van der Waals surface area contributed by atoms with Gasteiger partial charge in [-0.2, -0.15) is 0 Å². The maximum absolute atomic E-state index is 12.8. The number of rotatable bonds is 8. The van der Waals surface area contributed by atoms with Crippen molar-refractivity contribution in [2.24, 2.45) is 5.92 Å². The molecule has 1 aliphatic heterocycles. The number of anilines is 1. The highest BCUT2D eigenvalue weighted by molar-refractivity contribution is 7.17. The monoisotopic (exact) mass is 453 g/mol. The second-order valence-corrected chi connectivity index (χ2v) is 9.07. The smallest absolute Gasteiger partial charge is 0.270 e. The third-order valence-electron chi connectivity index (χ3n) is 6.21. The summed E-state index contributed by atoms with van der Waals surface area (Å²) >= 11 is 1.42. The van der Waals surface area contributed by atoms with Crippen LogP contribution in [0.15, 0.2) is 40.5 Å². The first-order valence-electron chi connectivity index (χ1n) is 11.4. The van der Waals surface area contributed by atoms with Gasteiger partial charge in [-0.1, -0.05) is 44.2 Å². The molecule has 8 heteroatoms. The van der Waals surface area contributed by atoms with Gasteiger partial charge in [0, 0.05) is 37.1 Å². The molecule has 0 saturated carbocycles. The van der Waals surface area contributed by atoms with Gasteiger partial charge >= 0.3 is 0 Å². The summed E-state index contributed by atoms with van der Waals surface area (Å²) in [5.41, 5.74) is 2.63. The fourth-order valence-electron chi connectivity index (χ4n) is 4.29. The lowest BCUT2D eigenvalue weighted by atomic mass is 9.97. The largest absolute Gasteiger partial charge is 0.355 e. The number of aromatic amines is 1. The summed E-state index contributed by atoms with van der Waals surface area (Å²) in [6.07, 6.45) is 1.75. The molecule has 1 atom stereocenters. The number of hydrogen-bond donors (Lipinski definition) is 2. The molecule has 32 heavy (non-hydrogen) atoms. The molecule has 0 radical (unpaired) electrons. The molecule has 4 rings (SSSR count). The van der Waals surface area contributed by atoms with Gasteiger partial charge in [0.15, 0.2) is 0 Å². The van der Waals surface area contributed by atoms with E-state index in [1.165, 1.54) is 11.3 Å². The second kappa shape index (κ2) is 10.3. The first kappa shape index (κ1) is 22.5. The number of hydrogen-bond acceptors (Lipinski definition) is 6. The van der Waals surface area contributed by atoms with Crippen LogP contribution in [0, 0.1) is 5.92 Å². The van der Waals surface area contributed by atoms with E-state index in [-0.39, 0.29) is 17.4 Å². The summed E-state index contributed by atoms with van der Waals surface area (Å²) in [5, 5.41) is 5.09. The highest BCUT2D eigenvalue weighted by Crippen LogP contribution is 2.32. The Morgan fingerprint density at radius 3 is 2.81 bits per heavy atom. The number of fused-ring (bicyclic) bond motifs is 1. The van der Waals surface area contributed by atoms with Crippen molar-refractivity contribution in [3.63, 3.8) is 0 Å². The van der Waals surface area contributed by atoms with Crippen LogP contribution in [0.1, 0.15) is 26.7 Å². The fourth-order valence-corrected chi connectivity index (χ4v) is 5.20. The number of aromatic nitrogens is 2. The quantitative estimate of drug-likeness (QED) is 0.547. The summed E-state index contributed by atoms with van der Waals surface area (Å²) < 4.78 is 0.635. The summed E-state index contributed by atoms with van der Waals surface area (Å²) in [6.45, 7) is 9.10. The van der Waals surface area contributed by atoms with Gasteiger partial charge in [0.2, 0.25) is 11.9 Å². The highest BCUT2D eigenvalue weighted by Gasteiger charge is 2.27. The molecule has 1 aliphatic rings. The zero-order chi connectivity index (χ0) is 22.5. The van der Waals surface area contributed by atoms with Crippen LogP contribution in [0.3, 0.4) is 0 Å². The van der Waals surface area contributed by atoms with Crippen LogP contribution in [0.5, 0.6) is 0 Å². The maximum Gasteiger partial charge on any atom is 0.270 e. The molecule has 1 amide bonds. The number of H-pyrrole nitrogens is 1. The molecule has 0 bridgehead atoms. The van der Waals surface area contributed by atoms with Crippen molar-refractivity contribution in [3.8, 4) is 11.1 Å². The number of likely N-dealkylation sites (N-methyl/N-ethyl adjacent to an activating group) is 1. The number of thiophene rings is 1. The van der Waals surface area contributed by atoms with E-state index in [1.807, 2.05) is 40.6 Å². The number of carbonyl (C=O) groups is 1. The molecule has 1 fully saturated rings. The Kier molecular flexibility index (Phi) is 7.22. The molecule has 2 N–H and O–H groups in total. The van der Waals surface area contributed by atoms with E-state index in [0.717, 1.165) is 55.7 Å². The normalized spacial score (nSPS) is 16.6. The molecule has 170 valence electrons. The van der Waals surface area contributed by atoms with Gasteiger partial charge in [-0.25, -0.2) is 4.98 Å². The lowest BCUT2D eigenvalue weighted by molar-refractivity contribution is -0.125. The topological polar surface area (TPSA) is 81.3 Å². The Labute approximate surface area is 192 Å². The van der Waals surface area contributed by atoms with Gasteiger partial charge in [0.1, 0.15) is 4.70 Å². The van der Waals surface area contributed by atoms with Gasteiger partial charge in [-0.3, -0.25) is 14.6 Å². The highest BCUT2D eigenvalue weighted by atomic mass is 32.1. The van der Waals surface area contributed by atoms with Crippen LogP contribution in [0.2, 0.25) is 0 Å². The third kappa shape index (κ3) is 4.86.